The van der Waals surface area contributed by atoms with Crippen molar-refractivity contribution >= 4 is 27.7 Å². The number of halogens is 1. The van der Waals surface area contributed by atoms with Gasteiger partial charge in [0.05, 0.1) is 0 Å². The Morgan fingerprint density at radius 3 is 2.29 bits per heavy atom. The minimum atomic E-state index is -0.577. The number of nitrogens with one attached hydrogen (secondary N) is 2. The van der Waals surface area contributed by atoms with E-state index in [-0.39, 0.29) is 11.6 Å². The van der Waals surface area contributed by atoms with Crippen molar-refractivity contribution in [1.29, 1.82) is 0 Å². The summed E-state index contributed by atoms with van der Waals surface area (Å²) in [6.45, 7) is 5.23. The van der Waals surface area contributed by atoms with Gasteiger partial charge in [0.25, 0.3) is 5.91 Å². The maximum atomic E-state index is 11.6. The molecule has 0 atom stereocenters. The fourth-order valence-corrected chi connectivity index (χ4v) is 1.23. The van der Waals surface area contributed by atoms with Crippen LogP contribution in [0.25, 0.3) is 0 Å². The van der Waals surface area contributed by atoms with Crippen LogP contribution in [0.15, 0.2) is 17.0 Å². The molecule has 2 amide bonds. The zero-order valence-corrected chi connectivity index (χ0v) is 11.3. The van der Waals surface area contributed by atoms with Crippen LogP contribution in [0.4, 0.5) is 0 Å². The lowest BCUT2D eigenvalue weighted by atomic mass is 9.96. The molecule has 92 valence electrons. The maximum Gasteiger partial charge on any atom is 0.291 e. The number of amides is 2. The quantitative estimate of drug-likeness (QED) is 0.759. The van der Waals surface area contributed by atoms with E-state index in [0.717, 1.165) is 0 Å². The third kappa shape index (κ3) is 3.77. The molecule has 17 heavy (non-hydrogen) atoms. The molecule has 0 aliphatic carbocycles. The van der Waals surface area contributed by atoms with E-state index in [2.05, 4.69) is 36.7 Å². The maximum absolute atomic E-state index is 11.6. The first-order valence-electron chi connectivity index (χ1n) is 4.89. The van der Waals surface area contributed by atoms with E-state index in [4.69, 9.17) is 0 Å². The van der Waals surface area contributed by atoms with Gasteiger partial charge in [-0.2, -0.15) is 0 Å². The van der Waals surface area contributed by atoms with Crippen LogP contribution in [-0.4, -0.2) is 21.8 Å². The van der Waals surface area contributed by atoms with Crippen LogP contribution in [0, 0.1) is 5.41 Å². The van der Waals surface area contributed by atoms with Gasteiger partial charge in [0.1, 0.15) is 4.60 Å². The molecule has 1 aromatic rings. The van der Waals surface area contributed by atoms with Gasteiger partial charge in [0, 0.05) is 17.8 Å². The molecule has 0 aromatic carbocycles. The monoisotopic (exact) mass is 300 g/mol. The second kappa shape index (κ2) is 5.22. The van der Waals surface area contributed by atoms with Gasteiger partial charge in [0.15, 0.2) is 5.69 Å². The van der Waals surface area contributed by atoms with Crippen LogP contribution in [0.1, 0.15) is 31.3 Å². The second-order valence-corrected chi connectivity index (χ2v) is 5.11. The highest BCUT2D eigenvalue weighted by molar-refractivity contribution is 9.10. The van der Waals surface area contributed by atoms with Crippen molar-refractivity contribution in [3.8, 4) is 0 Å². The van der Waals surface area contributed by atoms with E-state index < -0.39 is 11.3 Å². The zero-order valence-electron chi connectivity index (χ0n) is 9.74. The summed E-state index contributed by atoms with van der Waals surface area (Å²) in [6.07, 6.45) is 2.85. The Hall–Kier alpha value is -1.50. The van der Waals surface area contributed by atoms with Crippen molar-refractivity contribution in [2.75, 3.05) is 0 Å². The number of carbonyl (C=O) groups is 2. The van der Waals surface area contributed by atoms with Crippen LogP contribution >= 0.6 is 15.9 Å². The van der Waals surface area contributed by atoms with Crippen LogP contribution in [0.5, 0.6) is 0 Å². The van der Waals surface area contributed by atoms with Crippen molar-refractivity contribution in [1.82, 2.24) is 20.8 Å². The SMILES string of the molecule is CC(C)(C)C(=O)NNC(=O)c1nccnc1Br. The Labute approximate surface area is 107 Å². The molecule has 1 rings (SSSR count). The van der Waals surface area contributed by atoms with Gasteiger partial charge in [0.2, 0.25) is 5.91 Å². The van der Waals surface area contributed by atoms with Crippen molar-refractivity contribution in [2.45, 2.75) is 20.8 Å². The number of hydrogen-bond donors (Lipinski definition) is 2. The van der Waals surface area contributed by atoms with Gasteiger partial charge in [-0.3, -0.25) is 20.4 Å². The molecule has 0 fully saturated rings. The predicted octanol–water partition coefficient (Wildman–Crippen LogP) is 1.05. The summed E-state index contributed by atoms with van der Waals surface area (Å²) >= 11 is 3.10. The number of hydrogen-bond acceptors (Lipinski definition) is 4. The van der Waals surface area contributed by atoms with Crippen LogP contribution < -0.4 is 10.9 Å². The van der Waals surface area contributed by atoms with Gasteiger partial charge in [-0.25, -0.2) is 9.97 Å². The average molecular weight is 301 g/mol. The smallest absolute Gasteiger partial charge is 0.273 e. The van der Waals surface area contributed by atoms with E-state index in [0.29, 0.717) is 4.60 Å². The highest BCUT2D eigenvalue weighted by Gasteiger charge is 2.22. The molecule has 1 aromatic heterocycles. The summed E-state index contributed by atoms with van der Waals surface area (Å²) in [4.78, 5) is 30.9. The number of rotatable bonds is 1. The van der Waals surface area contributed by atoms with Crippen molar-refractivity contribution < 1.29 is 9.59 Å². The Balaban J connectivity index is 2.63. The van der Waals surface area contributed by atoms with Gasteiger partial charge in [-0.05, 0) is 15.9 Å². The molecule has 0 aliphatic rings. The second-order valence-electron chi connectivity index (χ2n) is 4.35. The first-order valence-corrected chi connectivity index (χ1v) is 5.69. The highest BCUT2D eigenvalue weighted by Crippen LogP contribution is 2.12. The molecule has 1 heterocycles. The molecular weight excluding hydrogens is 288 g/mol. The third-order valence-corrected chi connectivity index (χ3v) is 2.42. The molecule has 0 spiro atoms. The van der Waals surface area contributed by atoms with E-state index in [1.54, 1.807) is 20.8 Å². The first-order chi connectivity index (χ1) is 7.82. The van der Waals surface area contributed by atoms with Crippen molar-refractivity contribution in [3.63, 3.8) is 0 Å². The molecular formula is C10H13BrN4O2. The topological polar surface area (TPSA) is 84.0 Å². The molecule has 0 bridgehead atoms. The molecule has 0 saturated heterocycles. The van der Waals surface area contributed by atoms with Gasteiger partial charge in [-0.1, -0.05) is 20.8 Å². The lowest BCUT2D eigenvalue weighted by Crippen LogP contribution is -2.46. The van der Waals surface area contributed by atoms with Gasteiger partial charge in [-0.15, -0.1) is 0 Å². The predicted molar refractivity (Wildman–Crippen MR) is 64.8 cm³/mol. The fraction of sp³-hybridized carbons (Fsp3) is 0.400. The summed E-state index contributed by atoms with van der Waals surface area (Å²) in [5, 5.41) is 0. The molecule has 6 nitrogen and oxygen atoms in total. The Bertz CT molecular complexity index is 442. The van der Waals surface area contributed by atoms with Crippen LogP contribution in [0.3, 0.4) is 0 Å². The first kappa shape index (κ1) is 13.6. The standard InChI is InChI=1S/C10H13BrN4O2/c1-10(2,3)9(17)15-14-8(16)6-7(11)13-5-4-12-6/h4-5H,1-3H3,(H,14,16)(H,15,17). The average Bonchev–Trinajstić information content (AvgIpc) is 2.24. The van der Waals surface area contributed by atoms with E-state index in [1.165, 1.54) is 12.4 Å². The van der Waals surface area contributed by atoms with E-state index in [1.807, 2.05) is 0 Å². The fourth-order valence-electron chi connectivity index (χ4n) is 0.834. The summed E-state index contributed by atoms with van der Waals surface area (Å²) < 4.78 is 0.322. The summed E-state index contributed by atoms with van der Waals surface area (Å²) in [7, 11) is 0. The van der Waals surface area contributed by atoms with E-state index in [9.17, 15) is 9.59 Å². The number of nitrogens with zero attached hydrogens (tertiary/aromatic N) is 2. The largest absolute Gasteiger partial charge is 0.291 e. The minimum absolute atomic E-state index is 0.113. The van der Waals surface area contributed by atoms with Crippen molar-refractivity contribution in [3.05, 3.63) is 22.7 Å². The normalized spacial score (nSPS) is 10.8. The number of aromatic nitrogens is 2. The van der Waals surface area contributed by atoms with Gasteiger partial charge >= 0.3 is 0 Å². The molecule has 0 radical (unpaired) electrons. The molecule has 0 aliphatic heterocycles. The summed E-state index contributed by atoms with van der Waals surface area (Å²) in [5.74, 6) is -0.812. The Morgan fingerprint density at radius 2 is 1.76 bits per heavy atom. The highest BCUT2D eigenvalue weighted by atomic mass is 79.9. The van der Waals surface area contributed by atoms with Crippen LogP contribution in [0.2, 0.25) is 0 Å². The third-order valence-electron chi connectivity index (χ3n) is 1.84. The lowest BCUT2D eigenvalue weighted by Gasteiger charge is -2.17. The number of carbonyl (C=O) groups excluding carboxylic acids is 2. The molecule has 0 unspecified atom stereocenters. The molecule has 7 heteroatoms. The number of hydrazine groups is 1. The van der Waals surface area contributed by atoms with Gasteiger partial charge < -0.3 is 0 Å². The zero-order chi connectivity index (χ0) is 13.1. The minimum Gasteiger partial charge on any atom is -0.273 e. The van der Waals surface area contributed by atoms with Crippen LogP contribution in [-0.2, 0) is 4.79 Å². The summed E-state index contributed by atoms with van der Waals surface area (Å²) in [5.41, 5.74) is 4.13. The molecule has 0 saturated carbocycles. The molecule has 2 N–H and O–H groups in total. The van der Waals surface area contributed by atoms with Crippen molar-refractivity contribution in [2.24, 2.45) is 5.41 Å². The summed E-state index contributed by atoms with van der Waals surface area (Å²) in [6, 6.07) is 0. The van der Waals surface area contributed by atoms with E-state index >= 15 is 0 Å². The Kier molecular flexibility index (Phi) is 4.17. The Morgan fingerprint density at radius 1 is 1.18 bits per heavy atom. The lowest BCUT2D eigenvalue weighted by molar-refractivity contribution is -0.129.